The van der Waals surface area contributed by atoms with Crippen molar-refractivity contribution in [3.8, 4) is 11.5 Å². The van der Waals surface area contributed by atoms with Gasteiger partial charge < -0.3 is 9.73 Å². The molecule has 136 valence electrons. The largest absolute Gasteiger partial charge is 0.444 e. The number of rotatable bonds is 7. The van der Waals surface area contributed by atoms with Crippen LogP contribution in [0.5, 0.6) is 0 Å². The minimum absolute atomic E-state index is 0.138. The van der Waals surface area contributed by atoms with E-state index in [0.29, 0.717) is 24.4 Å². The van der Waals surface area contributed by atoms with Gasteiger partial charge >= 0.3 is 0 Å². The summed E-state index contributed by atoms with van der Waals surface area (Å²) in [6, 6.07) is 4.24. The van der Waals surface area contributed by atoms with Crippen molar-refractivity contribution in [3.63, 3.8) is 0 Å². The third kappa shape index (κ3) is 5.02. The van der Waals surface area contributed by atoms with Gasteiger partial charge in [-0.1, -0.05) is 0 Å². The van der Waals surface area contributed by atoms with Crippen LogP contribution in [0.25, 0.3) is 11.5 Å². The first kappa shape index (κ1) is 17.9. The van der Waals surface area contributed by atoms with Crippen molar-refractivity contribution in [1.29, 1.82) is 0 Å². The molecule has 0 atom stereocenters. The molecule has 0 bridgehead atoms. The van der Waals surface area contributed by atoms with Crippen LogP contribution in [0.4, 0.5) is 5.82 Å². The lowest BCUT2D eigenvalue weighted by Crippen LogP contribution is -2.34. The van der Waals surface area contributed by atoms with E-state index in [-0.39, 0.29) is 5.75 Å². The van der Waals surface area contributed by atoms with Crippen LogP contribution in [-0.4, -0.2) is 36.7 Å². The molecule has 1 saturated carbocycles. The predicted molar refractivity (Wildman–Crippen MR) is 96.6 cm³/mol. The van der Waals surface area contributed by atoms with Crippen LogP contribution in [0.1, 0.15) is 32.6 Å². The van der Waals surface area contributed by atoms with Gasteiger partial charge in [0.15, 0.2) is 0 Å². The van der Waals surface area contributed by atoms with Gasteiger partial charge in [-0.05, 0) is 50.7 Å². The third-order valence-electron chi connectivity index (χ3n) is 4.61. The fraction of sp³-hybridized carbons (Fsp3) is 0.529. The molecule has 0 unspecified atom stereocenters. The minimum Gasteiger partial charge on any atom is -0.444 e. The van der Waals surface area contributed by atoms with Crippen LogP contribution in [0.3, 0.4) is 0 Å². The highest BCUT2D eigenvalue weighted by molar-refractivity contribution is 7.89. The zero-order valence-electron chi connectivity index (χ0n) is 14.3. The topological polar surface area (TPSA) is 97.1 Å². The van der Waals surface area contributed by atoms with E-state index in [0.717, 1.165) is 37.1 Å². The molecule has 2 heterocycles. The maximum absolute atomic E-state index is 11.5. The number of aromatic nitrogens is 2. The number of oxazole rings is 1. The maximum Gasteiger partial charge on any atom is 0.227 e. The molecule has 1 aliphatic rings. The van der Waals surface area contributed by atoms with Gasteiger partial charge in [0.05, 0.1) is 17.5 Å². The molecule has 3 rings (SSSR count). The van der Waals surface area contributed by atoms with E-state index >= 15 is 0 Å². The van der Waals surface area contributed by atoms with E-state index < -0.39 is 10.0 Å². The van der Waals surface area contributed by atoms with Crippen molar-refractivity contribution in [2.75, 3.05) is 17.6 Å². The van der Waals surface area contributed by atoms with Gasteiger partial charge in [-0.15, -0.1) is 0 Å². The van der Waals surface area contributed by atoms with Crippen LogP contribution in [0, 0.1) is 5.92 Å². The molecule has 2 aromatic rings. The second kappa shape index (κ2) is 7.97. The first-order valence-electron chi connectivity index (χ1n) is 8.65. The molecule has 2 aromatic heterocycles. The number of hydrogen-bond donors (Lipinski definition) is 2. The van der Waals surface area contributed by atoms with Crippen molar-refractivity contribution in [1.82, 2.24) is 14.7 Å². The highest BCUT2D eigenvalue weighted by Crippen LogP contribution is 2.26. The zero-order valence-corrected chi connectivity index (χ0v) is 15.1. The Kier molecular flexibility index (Phi) is 5.70. The zero-order chi connectivity index (χ0) is 17.7. The maximum atomic E-state index is 11.5. The van der Waals surface area contributed by atoms with Gasteiger partial charge in [-0.3, -0.25) is 0 Å². The molecule has 0 aromatic carbocycles. The van der Waals surface area contributed by atoms with Crippen LogP contribution in [-0.2, 0) is 10.0 Å². The number of nitrogens with one attached hydrogen (secondary N) is 2. The van der Waals surface area contributed by atoms with Crippen molar-refractivity contribution < 1.29 is 12.8 Å². The molecule has 1 fully saturated rings. The third-order valence-corrected chi connectivity index (χ3v) is 5.98. The summed E-state index contributed by atoms with van der Waals surface area (Å²) in [7, 11) is -3.09. The fourth-order valence-corrected chi connectivity index (χ4v) is 3.73. The average molecular weight is 364 g/mol. The molecule has 7 nitrogen and oxygen atoms in total. The van der Waals surface area contributed by atoms with Crippen molar-refractivity contribution >= 4 is 15.8 Å². The van der Waals surface area contributed by atoms with E-state index in [1.807, 2.05) is 12.1 Å². The first-order valence-corrected chi connectivity index (χ1v) is 10.3. The Morgan fingerprint density at radius 3 is 2.60 bits per heavy atom. The molecular weight excluding hydrogens is 340 g/mol. The molecule has 25 heavy (non-hydrogen) atoms. The SMILES string of the molecule is CCS(=O)(=O)NC[C@H]1CC[C@H](Nc2ccc(-c3ncco3)cn2)CC1. The molecule has 0 spiro atoms. The highest BCUT2D eigenvalue weighted by atomic mass is 32.2. The predicted octanol–water partition coefficient (Wildman–Crippen LogP) is 2.65. The number of hydrogen-bond acceptors (Lipinski definition) is 6. The van der Waals surface area contributed by atoms with Gasteiger partial charge in [0.25, 0.3) is 0 Å². The minimum atomic E-state index is -3.09. The van der Waals surface area contributed by atoms with E-state index in [9.17, 15) is 8.42 Å². The normalized spacial score (nSPS) is 21.2. The van der Waals surface area contributed by atoms with Crippen LogP contribution >= 0.6 is 0 Å². The van der Waals surface area contributed by atoms with Crippen LogP contribution in [0.2, 0.25) is 0 Å². The molecule has 0 radical (unpaired) electrons. The van der Waals surface area contributed by atoms with Crippen molar-refractivity contribution in [2.24, 2.45) is 5.92 Å². The van der Waals surface area contributed by atoms with E-state index in [1.54, 1.807) is 25.6 Å². The average Bonchev–Trinajstić information content (AvgIpc) is 3.17. The molecule has 0 aliphatic heterocycles. The standard InChI is InChI=1S/C17H24N4O3S/c1-2-25(22,23)20-11-13-3-6-15(7-4-13)21-16-8-5-14(12-19-16)17-18-9-10-24-17/h5,8-10,12-13,15,20H,2-4,6-7,11H2,1H3,(H,19,21)/t13-,15-. The van der Waals surface area contributed by atoms with Crippen molar-refractivity contribution in [2.45, 2.75) is 38.6 Å². The summed E-state index contributed by atoms with van der Waals surface area (Å²) >= 11 is 0. The van der Waals surface area contributed by atoms with Gasteiger partial charge in [0.2, 0.25) is 15.9 Å². The summed E-state index contributed by atoms with van der Waals surface area (Å²) < 4.78 is 31.0. The van der Waals surface area contributed by atoms with Gasteiger partial charge in [0.1, 0.15) is 12.1 Å². The lowest BCUT2D eigenvalue weighted by molar-refractivity contribution is 0.337. The van der Waals surface area contributed by atoms with E-state index in [4.69, 9.17) is 4.42 Å². The molecule has 2 N–H and O–H groups in total. The molecule has 1 aliphatic carbocycles. The molecule has 0 saturated heterocycles. The number of anilines is 1. The number of nitrogens with zero attached hydrogens (tertiary/aromatic N) is 2. The summed E-state index contributed by atoms with van der Waals surface area (Å²) in [6.45, 7) is 2.20. The Labute approximate surface area is 148 Å². The van der Waals surface area contributed by atoms with Crippen molar-refractivity contribution in [3.05, 3.63) is 30.8 Å². The van der Waals surface area contributed by atoms with Crippen LogP contribution < -0.4 is 10.0 Å². The van der Waals surface area contributed by atoms with Gasteiger partial charge in [-0.25, -0.2) is 23.1 Å². The molecular formula is C17H24N4O3S. The summed E-state index contributed by atoms with van der Waals surface area (Å²) in [5.41, 5.74) is 0.850. The number of pyridine rings is 1. The summed E-state index contributed by atoms with van der Waals surface area (Å²) in [5.74, 6) is 1.96. The highest BCUT2D eigenvalue weighted by Gasteiger charge is 2.22. The Hall–Kier alpha value is -1.93. The summed E-state index contributed by atoms with van der Waals surface area (Å²) in [5, 5.41) is 3.46. The summed E-state index contributed by atoms with van der Waals surface area (Å²) in [6.07, 6.45) is 8.96. The van der Waals surface area contributed by atoms with E-state index in [1.165, 1.54) is 0 Å². The second-order valence-corrected chi connectivity index (χ2v) is 8.48. The fourth-order valence-electron chi connectivity index (χ4n) is 3.04. The molecule has 0 amide bonds. The van der Waals surface area contributed by atoms with Crippen LogP contribution in [0.15, 0.2) is 35.2 Å². The Morgan fingerprint density at radius 2 is 2.00 bits per heavy atom. The van der Waals surface area contributed by atoms with Gasteiger partial charge in [-0.2, -0.15) is 0 Å². The smallest absolute Gasteiger partial charge is 0.227 e. The van der Waals surface area contributed by atoms with E-state index in [2.05, 4.69) is 20.0 Å². The summed E-state index contributed by atoms with van der Waals surface area (Å²) in [4.78, 5) is 8.53. The Bertz CT molecular complexity index is 752. The lowest BCUT2D eigenvalue weighted by Gasteiger charge is -2.29. The number of sulfonamides is 1. The monoisotopic (exact) mass is 364 g/mol. The van der Waals surface area contributed by atoms with Gasteiger partial charge in [0, 0.05) is 18.8 Å². The first-order chi connectivity index (χ1) is 12.1. The Balaban J connectivity index is 1.46. The lowest BCUT2D eigenvalue weighted by atomic mass is 9.86. The quantitative estimate of drug-likeness (QED) is 0.784. The second-order valence-electron chi connectivity index (χ2n) is 6.38. The molecule has 8 heteroatoms. The Morgan fingerprint density at radius 1 is 1.20 bits per heavy atom.